The van der Waals surface area contributed by atoms with Crippen LogP contribution in [0.3, 0.4) is 0 Å². The SMILES string of the molecule is CC(CC(=O)NC1CCCC1CN)C1CCNCC1. The van der Waals surface area contributed by atoms with Crippen molar-refractivity contribution in [1.82, 2.24) is 10.6 Å². The van der Waals surface area contributed by atoms with Crippen LogP contribution in [0.2, 0.25) is 0 Å². The third-order valence-corrected chi connectivity index (χ3v) is 5.00. The van der Waals surface area contributed by atoms with Crippen LogP contribution >= 0.6 is 0 Å². The van der Waals surface area contributed by atoms with Gasteiger partial charge in [-0.15, -0.1) is 0 Å². The quantitative estimate of drug-likeness (QED) is 0.702. The lowest BCUT2D eigenvalue weighted by atomic mass is 9.84. The summed E-state index contributed by atoms with van der Waals surface area (Å²) < 4.78 is 0. The molecule has 1 aliphatic carbocycles. The number of piperidine rings is 1. The summed E-state index contributed by atoms with van der Waals surface area (Å²) >= 11 is 0. The van der Waals surface area contributed by atoms with Gasteiger partial charge >= 0.3 is 0 Å². The molecule has 1 amide bonds. The van der Waals surface area contributed by atoms with E-state index in [0.29, 0.717) is 36.8 Å². The molecule has 19 heavy (non-hydrogen) atoms. The largest absolute Gasteiger partial charge is 0.353 e. The molecule has 3 atom stereocenters. The molecule has 1 heterocycles. The number of nitrogens with two attached hydrogens (primary N) is 1. The molecule has 0 aromatic carbocycles. The summed E-state index contributed by atoms with van der Waals surface area (Å²) in [6.07, 6.45) is 6.59. The first kappa shape index (κ1) is 14.8. The fourth-order valence-corrected chi connectivity index (χ4v) is 3.65. The van der Waals surface area contributed by atoms with Crippen molar-refractivity contribution in [1.29, 1.82) is 0 Å². The highest BCUT2D eigenvalue weighted by molar-refractivity contribution is 5.76. The van der Waals surface area contributed by atoms with E-state index in [2.05, 4.69) is 17.6 Å². The Labute approximate surface area is 116 Å². The summed E-state index contributed by atoms with van der Waals surface area (Å²) in [6.45, 7) is 5.14. The van der Waals surface area contributed by atoms with Crippen molar-refractivity contribution >= 4 is 5.91 Å². The number of hydrogen-bond donors (Lipinski definition) is 3. The standard InChI is InChI=1S/C15H29N3O/c1-11(12-5-7-17-8-6-12)9-15(19)18-14-4-2-3-13(14)10-16/h11-14,17H,2-10,16H2,1H3,(H,18,19). The lowest BCUT2D eigenvalue weighted by molar-refractivity contribution is -0.123. The zero-order valence-corrected chi connectivity index (χ0v) is 12.2. The number of hydrogen-bond acceptors (Lipinski definition) is 3. The highest BCUT2D eigenvalue weighted by atomic mass is 16.1. The van der Waals surface area contributed by atoms with Crippen molar-refractivity contribution in [3.8, 4) is 0 Å². The van der Waals surface area contributed by atoms with Gasteiger partial charge in [0.1, 0.15) is 0 Å². The topological polar surface area (TPSA) is 67.2 Å². The zero-order valence-electron chi connectivity index (χ0n) is 12.2. The Morgan fingerprint density at radius 3 is 2.74 bits per heavy atom. The number of carbonyl (C=O) groups is 1. The van der Waals surface area contributed by atoms with Gasteiger partial charge < -0.3 is 16.4 Å². The van der Waals surface area contributed by atoms with E-state index in [9.17, 15) is 4.79 Å². The van der Waals surface area contributed by atoms with Crippen LogP contribution in [0, 0.1) is 17.8 Å². The van der Waals surface area contributed by atoms with Crippen molar-refractivity contribution in [3.63, 3.8) is 0 Å². The van der Waals surface area contributed by atoms with Crippen LogP contribution in [0.1, 0.15) is 45.4 Å². The second kappa shape index (κ2) is 7.25. The predicted molar refractivity (Wildman–Crippen MR) is 77.7 cm³/mol. The number of amides is 1. The van der Waals surface area contributed by atoms with Crippen LogP contribution in [-0.2, 0) is 4.79 Å². The molecule has 1 aliphatic heterocycles. The van der Waals surface area contributed by atoms with Gasteiger partial charge in [0.05, 0.1) is 0 Å². The van der Waals surface area contributed by atoms with Crippen molar-refractivity contribution in [3.05, 3.63) is 0 Å². The number of carbonyl (C=O) groups excluding carboxylic acids is 1. The van der Waals surface area contributed by atoms with E-state index in [-0.39, 0.29) is 5.91 Å². The van der Waals surface area contributed by atoms with Gasteiger partial charge in [-0.25, -0.2) is 0 Å². The van der Waals surface area contributed by atoms with Crippen LogP contribution in [-0.4, -0.2) is 31.6 Å². The van der Waals surface area contributed by atoms with Gasteiger partial charge in [-0.1, -0.05) is 13.3 Å². The monoisotopic (exact) mass is 267 g/mol. The van der Waals surface area contributed by atoms with Gasteiger partial charge in [-0.3, -0.25) is 4.79 Å². The normalized spacial score (nSPS) is 30.2. The van der Waals surface area contributed by atoms with E-state index in [4.69, 9.17) is 5.73 Å². The molecule has 110 valence electrons. The van der Waals surface area contributed by atoms with Crippen molar-refractivity contribution < 1.29 is 4.79 Å². The maximum Gasteiger partial charge on any atom is 0.220 e. The summed E-state index contributed by atoms with van der Waals surface area (Å²) in [7, 11) is 0. The van der Waals surface area contributed by atoms with Gasteiger partial charge in [0.2, 0.25) is 5.91 Å². The first-order valence-electron chi connectivity index (χ1n) is 7.91. The van der Waals surface area contributed by atoms with Crippen LogP contribution in [0.25, 0.3) is 0 Å². The molecule has 1 saturated carbocycles. The van der Waals surface area contributed by atoms with Gasteiger partial charge in [-0.2, -0.15) is 0 Å². The zero-order chi connectivity index (χ0) is 13.7. The molecule has 0 bridgehead atoms. The van der Waals surface area contributed by atoms with E-state index < -0.39 is 0 Å². The Balaban J connectivity index is 1.74. The number of rotatable bonds is 5. The Morgan fingerprint density at radius 2 is 2.05 bits per heavy atom. The van der Waals surface area contributed by atoms with E-state index in [1.165, 1.54) is 25.7 Å². The summed E-state index contributed by atoms with van der Waals surface area (Å²) in [4.78, 5) is 12.1. The minimum absolute atomic E-state index is 0.233. The summed E-state index contributed by atoms with van der Waals surface area (Å²) in [5.74, 6) is 1.94. The summed E-state index contributed by atoms with van der Waals surface area (Å²) in [6, 6.07) is 0.331. The molecule has 0 aromatic rings. The van der Waals surface area contributed by atoms with Gasteiger partial charge in [-0.05, 0) is 63.1 Å². The first-order valence-corrected chi connectivity index (χ1v) is 7.91. The fraction of sp³-hybridized carbons (Fsp3) is 0.933. The smallest absolute Gasteiger partial charge is 0.220 e. The summed E-state index contributed by atoms with van der Waals surface area (Å²) in [5, 5.41) is 6.60. The molecule has 4 nitrogen and oxygen atoms in total. The first-order chi connectivity index (χ1) is 9.20. The maximum atomic E-state index is 12.1. The Bertz CT molecular complexity index is 289. The summed E-state index contributed by atoms with van der Waals surface area (Å²) in [5.41, 5.74) is 5.76. The molecule has 0 spiro atoms. The van der Waals surface area contributed by atoms with Gasteiger partial charge in [0.25, 0.3) is 0 Å². The number of nitrogens with one attached hydrogen (secondary N) is 2. The third kappa shape index (κ3) is 4.18. The maximum absolute atomic E-state index is 12.1. The molecule has 3 unspecified atom stereocenters. The minimum Gasteiger partial charge on any atom is -0.353 e. The highest BCUT2D eigenvalue weighted by Crippen LogP contribution is 2.26. The van der Waals surface area contributed by atoms with Crippen LogP contribution in [0.5, 0.6) is 0 Å². The molecular weight excluding hydrogens is 238 g/mol. The molecule has 0 aromatic heterocycles. The van der Waals surface area contributed by atoms with Gasteiger partial charge in [0.15, 0.2) is 0 Å². The van der Waals surface area contributed by atoms with Crippen LogP contribution < -0.4 is 16.4 Å². The fourth-order valence-electron chi connectivity index (χ4n) is 3.65. The Hall–Kier alpha value is -0.610. The molecule has 2 fully saturated rings. The lowest BCUT2D eigenvalue weighted by Crippen LogP contribution is -2.41. The van der Waals surface area contributed by atoms with Crippen LogP contribution in [0.4, 0.5) is 0 Å². The molecule has 1 saturated heterocycles. The van der Waals surface area contributed by atoms with E-state index in [1.807, 2.05) is 0 Å². The lowest BCUT2D eigenvalue weighted by Gasteiger charge is -2.28. The van der Waals surface area contributed by atoms with Crippen molar-refractivity contribution in [2.24, 2.45) is 23.5 Å². The average Bonchev–Trinajstić information content (AvgIpc) is 2.86. The third-order valence-electron chi connectivity index (χ3n) is 5.00. The molecule has 2 rings (SSSR count). The molecule has 4 heteroatoms. The molecule has 2 aliphatic rings. The predicted octanol–water partition coefficient (Wildman–Crippen LogP) is 1.26. The molecular formula is C15H29N3O. The highest BCUT2D eigenvalue weighted by Gasteiger charge is 2.28. The van der Waals surface area contributed by atoms with E-state index in [1.54, 1.807) is 0 Å². The second-order valence-corrected chi connectivity index (χ2v) is 6.37. The molecule has 0 radical (unpaired) electrons. The van der Waals surface area contributed by atoms with Crippen molar-refractivity contribution in [2.45, 2.75) is 51.5 Å². The van der Waals surface area contributed by atoms with E-state index >= 15 is 0 Å². The van der Waals surface area contributed by atoms with Crippen LogP contribution in [0.15, 0.2) is 0 Å². The minimum atomic E-state index is 0.233. The second-order valence-electron chi connectivity index (χ2n) is 6.37. The Morgan fingerprint density at radius 1 is 1.32 bits per heavy atom. The van der Waals surface area contributed by atoms with Crippen molar-refractivity contribution in [2.75, 3.05) is 19.6 Å². The van der Waals surface area contributed by atoms with E-state index in [0.717, 1.165) is 19.5 Å². The van der Waals surface area contributed by atoms with Gasteiger partial charge in [0, 0.05) is 12.5 Å². The average molecular weight is 267 g/mol. The molecule has 4 N–H and O–H groups in total. The Kier molecular flexibility index (Phi) is 5.64.